The van der Waals surface area contributed by atoms with Gasteiger partial charge in [-0.15, -0.1) is 0 Å². The summed E-state index contributed by atoms with van der Waals surface area (Å²) in [5.41, 5.74) is 2.37. The van der Waals surface area contributed by atoms with Crippen molar-refractivity contribution in [1.29, 1.82) is 0 Å². The molecule has 0 aliphatic rings. The number of halogens is 1. The molecule has 0 saturated carbocycles. The minimum absolute atomic E-state index is 0.144. The lowest BCUT2D eigenvalue weighted by molar-refractivity contribution is -0.142. The van der Waals surface area contributed by atoms with Crippen molar-refractivity contribution in [3.8, 4) is 0 Å². The number of sulfonamides is 1. The van der Waals surface area contributed by atoms with Crippen LogP contribution in [0.2, 0.25) is 0 Å². The number of esters is 1. The first-order valence-corrected chi connectivity index (χ1v) is 10.7. The van der Waals surface area contributed by atoms with Gasteiger partial charge >= 0.3 is 5.97 Å². The zero-order valence-corrected chi connectivity index (χ0v) is 17.5. The van der Waals surface area contributed by atoms with Gasteiger partial charge in [-0.25, -0.2) is 12.8 Å². The van der Waals surface area contributed by atoms with E-state index in [9.17, 15) is 22.4 Å². The summed E-state index contributed by atoms with van der Waals surface area (Å²) in [7, 11) is -2.77. The van der Waals surface area contributed by atoms with Crippen LogP contribution in [0, 0.1) is 5.82 Å². The van der Waals surface area contributed by atoms with Crippen molar-refractivity contribution >= 4 is 21.8 Å². The molecule has 0 aromatic heterocycles. The molecular formula is C21H24FNO5S. The van der Waals surface area contributed by atoms with Crippen molar-refractivity contribution in [2.45, 2.75) is 31.6 Å². The molecule has 0 aliphatic carbocycles. The van der Waals surface area contributed by atoms with Gasteiger partial charge < -0.3 is 4.74 Å². The third-order valence-corrected chi connectivity index (χ3v) is 6.32. The van der Waals surface area contributed by atoms with Gasteiger partial charge in [-0.1, -0.05) is 26.0 Å². The van der Waals surface area contributed by atoms with Crippen molar-refractivity contribution in [2.75, 3.05) is 20.2 Å². The number of ether oxygens (including phenoxy) is 1. The van der Waals surface area contributed by atoms with Crippen LogP contribution in [-0.4, -0.2) is 44.7 Å². The Bertz CT molecular complexity index is 987. The number of aryl methyl sites for hydroxylation is 2. The third-order valence-electron chi connectivity index (χ3n) is 4.50. The van der Waals surface area contributed by atoms with E-state index in [1.165, 1.54) is 7.05 Å². The molecule has 0 heterocycles. The average Bonchev–Trinajstić information content (AvgIpc) is 2.71. The van der Waals surface area contributed by atoms with E-state index in [1.807, 2.05) is 26.0 Å². The van der Waals surface area contributed by atoms with Crippen molar-refractivity contribution in [2.24, 2.45) is 0 Å². The van der Waals surface area contributed by atoms with Crippen LogP contribution in [0.4, 0.5) is 4.39 Å². The fourth-order valence-corrected chi connectivity index (χ4v) is 3.85. The van der Waals surface area contributed by atoms with Gasteiger partial charge in [0.25, 0.3) is 0 Å². The van der Waals surface area contributed by atoms with Gasteiger partial charge in [-0.05, 0) is 54.3 Å². The summed E-state index contributed by atoms with van der Waals surface area (Å²) in [6.45, 7) is 2.87. The first kappa shape index (κ1) is 22.7. The molecule has 0 aliphatic heterocycles. The molecule has 8 heteroatoms. The Morgan fingerprint density at radius 1 is 1.03 bits per heavy atom. The Hall–Kier alpha value is -2.58. The number of carbonyl (C=O) groups excluding carboxylic acids is 2. The normalized spacial score (nSPS) is 11.5. The van der Waals surface area contributed by atoms with E-state index in [-0.39, 0.29) is 10.7 Å². The molecule has 0 bridgehead atoms. The van der Waals surface area contributed by atoms with Crippen LogP contribution in [0.3, 0.4) is 0 Å². The van der Waals surface area contributed by atoms with Gasteiger partial charge in [0.1, 0.15) is 12.4 Å². The van der Waals surface area contributed by atoms with Gasteiger partial charge in [-0.3, -0.25) is 9.59 Å². The molecule has 0 unspecified atom stereocenters. The molecule has 6 nitrogen and oxygen atoms in total. The zero-order valence-electron chi connectivity index (χ0n) is 16.6. The summed E-state index contributed by atoms with van der Waals surface area (Å²) in [5, 5.41) is 0. The molecule has 0 spiro atoms. The molecule has 156 valence electrons. The minimum Gasteiger partial charge on any atom is -0.456 e. The minimum atomic E-state index is -3.98. The maximum atomic E-state index is 13.0. The predicted octanol–water partition coefficient (Wildman–Crippen LogP) is 3.00. The fraction of sp³-hybridized carbons (Fsp3) is 0.333. The first-order chi connectivity index (χ1) is 13.7. The van der Waals surface area contributed by atoms with Crippen LogP contribution in [0.25, 0.3) is 0 Å². The summed E-state index contributed by atoms with van der Waals surface area (Å²) < 4.78 is 43.6. The van der Waals surface area contributed by atoms with Crippen LogP contribution in [-0.2, 0) is 32.4 Å². The van der Waals surface area contributed by atoms with E-state index in [4.69, 9.17) is 4.74 Å². The van der Waals surface area contributed by atoms with Crippen molar-refractivity contribution in [3.63, 3.8) is 0 Å². The highest BCUT2D eigenvalue weighted by Crippen LogP contribution is 2.16. The highest BCUT2D eigenvalue weighted by Gasteiger charge is 2.24. The molecule has 2 aromatic carbocycles. The lowest BCUT2D eigenvalue weighted by Crippen LogP contribution is -2.33. The molecule has 2 rings (SSSR count). The SMILES string of the molecule is CCc1ccc(CC)c(C(=O)COC(=O)CN(C)S(=O)(=O)c2ccc(F)cc2)c1. The van der Waals surface area contributed by atoms with Crippen molar-refractivity contribution in [3.05, 3.63) is 65.0 Å². The number of rotatable bonds is 9. The van der Waals surface area contributed by atoms with Crippen molar-refractivity contribution in [1.82, 2.24) is 4.31 Å². The predicted molar refractivity (Wildman–Crippen MR) is 107 cm³/mol. The van der Waals surface area contributed by atoms with E-state index in [1.54, 1.807) is 6.07 Å². The quantitative estimate of drug-likeness (QED) is 0.459. The maximum absolute atomic E-state index is 13.0. The Balaban J connectivity index is 2.00. The summed E-state index contributed by atoms with van der Waals surface area (Å²) in [6.07, 6.45) is 1.44. The highest BCUT2D eigenvalue weighted by molar-refractivity contribution is 7.89. The Morgan fingerprint density at radius 3 is 2.28 bits per heavy atom. The van der Waals surface area contributed by atoms with Gasteiger partial charge in [0.05, 0.1) is 4.90 Å². The van der Waals surface area contributed by atoms with E-state index < -0.39 is 35.0 Å². The molecule has 0 amide bonds. The number of ketones is 1. The molecule has 0 N–H and O–H groups in total. The average molecular weight is 421 g/mol. The standard InChI is InChI=1S/C21H24FNO5S/c1-4-15-6-7-16(5-2)19(12-15)20(24)14-28-21(25)13-23(3)29(26,27)18-10-8-17(22)9-11-18/h6-12H,4-5,13-14H2,1-3H3. The Kier molecular flexibility index (Phi) is 7.64. The number of carbonyl (C=O) groups is 2. The van der Waals surface area contributed by atoms with Crippen LogP contribution < -0.4 is 0 Å². The van der Waals surface area contributed by atoms with E-state index in [2.05, 4.69) is 0 Å². The molecule has 0 saturated heterocycles. The van der Waals surface area contributed by atoms with Gasteiger partial charge in [0, 0.05) is 12.6 Å². The summed E-state index contributed by atoms with van der Waals surface area (Å²) in [6, 6.07) is 9.90. The molecule has 29 heavy (non-hydrogen) atoms. The lowest BCUT2D eigenvalue weighted by Gasteiger charge is -2.16. The Morgan fingerprint density at radius 2 is 1.69 bits per heavy atom. The van der Waals surface area contributed by atoms with Crippen molar-refractivity contribution < 1.29 is 27.1 Å². The smallest absolute Gasteiger partial charge is 0.321 e. The molecule has 0 atom stereocenters. The third kappa shape index (κ3) is 5.71. The number of benzene rings is 2. The number of Topliss-reactive ketones (excluding diaryl/α,β-unsaturated/α-hetero) is 1. The van der Waals surface area contributed by atoms with E-state index in [0.29, 0.717) is 12.0 Å². The zero-order chi connectivity index (χ0) is 21.6. The van der Waals surface area contributed by atoms with Crippen LogP contribution >= 0.6 is 0 Å². The number of hydrogen-bond donors (Lipinski definition) is 0. The largest absolute Gasteiger partial charge is 0.456 e. The second kappa shape index (κ2) is 9.76. The summed E-state index contributed by atoms with van der Waals surface area (Å²) in [5.74, 6) is -1.76. The number of nitrogens with zero attached hydrogens (tertiary/aromatic N) is 1. The highest BCUT2D eigenvalue weighted by atomic mass is 32.2. The summed E-state index contributed by atoms with van der Waals surface area (Å²) >= 11 is 0. The molecule has 0 radical (unpaired) electrons. The number of likely N-dealkylation sites (N-methyl/N-ethyl adjacent to an activating group) is 1. The molecular weight excluding hydrogens is 397 g/mol. The van der Waals surface area contributed by atoms with Crippen LogP contribution in [0.1, 0.15) is 35.3 Å². The lowest BCUT2D eigenvalue weighted by atomic mass is 9.98. The number of hydrogen-bond acceptors (Lipinski definition) is 5. The van der Waals surface area contributed by atoms with E-state index in [0.717, 1.165) is 46.1 Å². The maximum Gasteiger partial charge on any atom is 0.321 e. The molecule has 0 fully saturated rings. The van der Waals surface area contributed by atoms with Gasteiger partial charge in [-0.2, -0.15) is 4.31 Å². The second-order valence-corrected chi connectivity index (χ2v) is 8.54. The van der Waals surface area contributed by atoms with E-state index >= 15 is 0 Å². The first-order valence-electron chi connectivity index (χ1n) is 9.21. The Labute approximate surface area is 170 Å². The van der Waals surface area contributed by atoms with Crippen LogP contribution in [0.5, 0.6) is 0 Å². The van der Waals surface area contributed by atoms with Gasteiger partial charge in [0.15, 0.2) is 6.61 Å². The van der Waals surface area contributed by atoms with Gasteiger partial charge in [0.2, 0.25) is 15.8 Å². The second-order valence-electron chi connectivity index (χ2n) is 6.50. The monoisotopic (exact) mass is 421 g/mol. The summed E-state index contributed by atoms with van der Waals surface area (Å²) in [4.78, 5) is 24.4. The fourth-order valence-electron chi connectivity index (χ4n) is 2.73. The van der Waals surface area contributed by atoms with Crippen LogP contribution in [0.15, 0.2) is 47.4 Å². The topological polar surface area (TPSA) is 80.8 Å². The molecule has 2 aromatic rings.